The maximum absolute atomic E-state index is 2.26. The maximum atomic E-state index is 2.26. The summed E-state index contributed by atoms with van der Waals surface area (Å²) in [4.78, 5) is 0. The molecule has 0 spiro atoms. The Balaban J connectivity index is 2.17. The molecule has 0 N–H and O–H groups in total. The van der Waals surface area contributed by atoms with E-state index in [2.05, 4.69) is 103 Å². The van der Waals surface area contributed by atoms with E-state index in [1.54, 1.807) is 0 Å². The first kappa shape index (κ1) is 13.7. The number of rotatable bonds is 3. The quantitative estimate of drug-likeness (QED) is 0.505. The van der Waals surface area contributed by atoms with Gasteiger partial charge in [-0.25, -0.2) is 0 Å². The van der Waals surface area contributed by atoms with E-state index in [-0.39, 0.29) is 0 Å². The van der Waals surface area contributed by atoms with Crippen molar-refractivity contribution in [3.8, 4) is 0 Å². The van der Waals surface area contributed by atoms with E-state index >= 15 is 0 Å². The van der Waals surface area contributed by atoms with Crippen molar-refractivity contribution < 1.29 is 0 Å². The summed E-state index contributed by atoms with van der Waals surface area (Å²) in [6.45, 7) is 0. The molecule has 0 saturated heterocycles. The molecule has 20 heavy (non-hydrogen) atoms. The van der Waals surface area contributed by atoms with Crippen molar-refractivity contribution in [2.24, 2.45) is 0 Å². The molecule has 0 atom stereocenters. The van der Waals surface area contributed by atoms with Gasteiger partial charge in [-0.2, -0.15) is 0 Å². The van der Waals surface area contributed by atoms with Crippen LogP contribution in [-0.4, -0.2) is 17.7 Å². The average molecular weight is 268 g/mol. The van der Waals surface area contributed by atoms with Crippen LogP contribution in [0.25, 0.3) is 0 Å². The molecule has 0 aromatic heterocycles. The third kappa shape index (κ3) is 2.89. The zero-order chi connectivity index (χ0) is 13.8. The predicted molar refractivity (Wildman–Crippen MR) is 90.5 cm³/mol. The minimum atomic E-state index is -0.467. The van der Waals surface area contributed by atoms with E-state index < -0.39 is 7.92 Å². The second-order valence-electron chi connectivity index (χ2n) is 4.79. The van der Waals surface area contributed by atoms with Crippen LogP contribution in [0.15, 0.2) is 84.9 Å². The molecule has 0 nitrogen and oxygen atoms in total. The summed E-state index contributed by atoms with van der Waals surface area (Å²) in [5.41, 5.74) is 0. The molecule has 0 unspecified atom stereocenters. The second-order valence-corrected chi connectivity index (χ2v) is 6.98. The predicted octanol–water partition coefficient (Wildman–Crippen LogP) is 2.24. The second kappa shape index (κ2) is 6.43. The molecule has 0 amide bonds. The van der Waals surface area contributed by atoms with Gasteiger partial charge in [0.25, 0.3) is 0 Å². The van der Waals surface area contributed by atoms with E-state index in [0.717, 1.165) is 0 Å². The zero-order valence-electron chi connectivity index (χ0n) is 11.5. The van der Waals surface area contributed by atoms with Gasteiger partial charge in [-0.05, 0) is 0 Å². The van der Waals surface area contributed by atoms with Crippen molar-refractivity contribution in [1.82, 2.24) is 0 Å². The molecule has 0 radical (unpaired) electrons. The fraction of sp³-hybridized carbons (Fsp3) is 0. The molecule has 3 aromatic rings. The van der Waals surface area contributed by atoms with Crippen molar-refractivity contribution in [2.45, 2.75) is 0 Å². The van der Waals surface area contributed by atoms with Crippen LogP contribution in [0.1, 0.15) is 0 Å². The molecule has 0 aliphatic rings. The number of hydrogen-bond donors (Lipinski definition) is 0. The van der Waals surface area contributed by atoms with Gasteiger partial charge in [0.2, 0.25) is 0 Å². The summed E-state index contributed by atoms with van der Waals surface area (Å²) in [6.07, 6.45) is 0. The monoisotopic (exact) mass is 268 g/mol. The normalized spacial score (nSPS) is 10.8. The van der Waals surface area contributed by atoms with Crippen molar-refractivity contribution in [3.05, 3.63) is 84.9 Å². The van der Waals surface area contributed by atoms with Crippen molar-refractivity contribution in [3.63, 3.8) is 0 Å². The van der Waals surface area contributed by atoms with Gasteiger partial charge in [-0.15, -0.1) is 0 Å². The SMILES string of the molecule is [Li][c]1ccccc1P(c1ccccc1)c1ccccc1. The van der Waals surface area contributed by atoms with Crippen LogP contribution >= 0.6 is 7.92 Å². The number of hydrogen-bond acceptors (Lipinski definition) is 0. The van der Waals surface area contributed by atoms with E-state index in [4.69, 9.17) is 0 Å². The Bertz CT molecular complexity index is 641. The third-order valence-electron chi connectivity index (χ3n) is 3.39. The Morgan fingerprint density at radius 1 is 0.550 bits per heavy atom. The molecule has 0 fully saturated rings. The first-order valence-electron chi connectivity index (χ1n) is 6.82. The fourth-order valence-corrected chi connectivity index (χ4v) is 4.85. The zero-order valence-corrected chi connectivity index (χ0v) is 12.4. The minimum absolute atomic E-state index is 0.467. The van der Waals surface area contributed by atoms with Crippen molar-refractivity contribution in [1.29, 1.82) is 0 Å². The molecule has 0 saturated carbocycles. The van der Waals surface area contributed by atoms with E-state index in [1.165, 1.54) is 20.2 Å². The molecule has 0 aliphatic heterocycles. The molecule has 0 bridgehead atoms. The fourth-order valence-electron chi connectivity index (χ4n) is 2.40. The molecular weight excluding hydrogens is 254 g/mol. The number of benzene rings is 3. The Hall–Kier alpha value is -1.31. The summed E-state index contributed by atoms with van der Waals surface area (Å²) in [5.74, 6) is 0. The van der Waals surface area contributed by atoms with Gasteiger partial charge in [0.1, 0.15) is 0 Å². The average Bonchev–Trinajstić information content (AvgIpc) is 2.52. The molecule has 0 heterocycles. The molecule has 0 aliphatic carbocycles. The third-order valence-corrected chi connectivity index (χ3v) is 6.00. The molecule has 3 rings (SSSR count). The van der Waals surface area contributed by atoms with Gasteiger partial charge in [-0.3, -0.25) is 0 Å². The van der Waals surface area contributed by atoms with Crippen LogP contribution in [0.5, 0.6) is 0 Å². The van der Waals surface area contributed by atoms with Crippen LogP contribution in [0.3, 0.4) is 0 Å². The van der Waals surface area contributed by atoms with E-state index in [1.807, 2.05) is 0 Å². The van der Waals surface area contributed by atoms with Crippen LogP contribution in [-0.2, 0) is 0 Å². The Kier molecular flexibility index (Phi) is 4.39. The van der Waals surface area contributed by atoms with E-state index in [9.17, 15) is 0 Å². The Morgan fingerprint density at radius 3 is 1.50 bits per heavy atom. The van der Waals surface area contributed by atoms with Gasteiger partial charge in [0.05, 0.1) is 0 Å². The van der Waals surface area contributed by atoms with Crippen molar-refractivity contribution in [2.75, 3.05) is 0 Å². The first-order chi connectivity index (χ1) is 9.86. The molecular formula is C18H14LiP. The first-order valence-corrected chi connectivity index (χ1v) is 8.16. The summed E-state index contributed by atoms with van der Waals surface area (Å²) in [6, 6.07) is 30.4. The summed E-state index contributed by atoms with van der Waals surface area (Å²) < 4.78 is 1.37. The van der Waals surface area contributed by atoms with Crippen LogP contribution in [0.2, 0.25) is 0 Å². The van der Waals surface area contributed by atoms with Gasteiger partial charge < -0.3 is 0 Å². The Morgan fingerprint density at radius 2 is 1.00 bits per heavy atom. The standard InChI is InChI=1S/C18H14P.Li/c1-4-10-16(11-5-1)19(17-12-6-2-7-13-17)18-14-8-3-9-15-18;/h1-14H;. The molecule has 92 valence electrons. The summed E-state index contributed by atoms with van der Waals surface area (Å²) in [7, 11) is -0.467. The molecule has 3 aromatic carbocycles. The summed E-state index contributed by atoms with van der Waals surface area (Å²) in [5, 5.41) is 4.26. The van der Waals surface area contributed by atoms with Crippen molar-refractivity contribution >= 4 is 45.8 Å². The van der Waals surface area contributed by atoms with Crippen LogP contribution in [0, 0.1) is 0 Å². The van der Waals surface area contributed by atoms with E-state index in [0.29, 0.717) is 0 Å². The van der Waals surface area contributed by atoms with Crippen LogP contribution < -0.4 is 20.2 Å². The molecule has 2 heteroatoms. The Labute approximate surface area is 130 Å². The van der Waals surface area contributed by atoms with Crippen LogP contribution in [0.4, 0.5) is 0 Å². The van der Waals surface area contributed by atoms with Gasteiger partial charge in [0, 0.05) is 0 Å². The summed E-state index contributed by atoms with van der Waals surface area (Å²) >= 11 is 2.20. The van der Waals surface area contributed by atoms with Gasteiger partial charge in [0.15, 0.2) is 0 Å². The van der Waals surface area contributed by atoms with Gasteiger partial charge in [-0.1, -0.05) is 0 Å². The van der Waals surface area contributed by atoms with Gasteiger partial charge >= 0.3 is 131 Å². The topological polar surface area (TPSA) is 0 Å².